The van der Waals surface area contributed by atoms with Crippen molar-refractivity contribution in [2.24, 2.45) is 0 Å². The summed E-state index contributed by atoms with van der Waals surface area (Å²) in [5.74, 6) is -0.0801. The van der Waals surface area contributed by atoms with Gasteiger partial charge in [0.2, 0.25) is 0 Å². The molecule has 3 aromatic rings. The average Bonchev–Trinajstić information content (AvgIpc) is 3.10. The molecule has 1 heterocycles. The number of carbonyl (C=O) groups excluding carboxylic acids is 1. The van der Waals surface area contributed by atoms with Gasteiger partial charge in [0, 0.05) is 17.7 Å². The number of hydrogen-bond acceptors (Lipinski definition) is 5. The zero-order valence-electron chi connectivity index (χ0n) is 18.7. The van der Waals surface area contributed by atoms with Crippen molar-refractivity contribution in [3.05, 3.63) is 59.3 Å². The lowest BCUT2D eigenvalue weighted by Crippen LogP contribution is -2.22. The van der Waals surface area contributed by atoms with Crippen molar-refractivity contribution < 1.29 is 27.8 Å². The number of phenols is 1. The van der Waals surface area contributed by atoms with Gasteiger partial charge in [0.05, 0.1) is 12.2 Å². The maximum atomic E-state index is 13.1. The first kappa shape index (κ1) is 24.1. The highest BCUT2D eigenvalue weighted by Crippen LogP contribution is 2.37. The lowest BCUT2D eigenvalue weighted by Gasteiger charge is -2.23. The van der Waals surface area contributed by atoms with Gasteiger partial charge in [-0.1, -0.05) is 33.4 Å². The van der Waals surface area contributed by atoms with Gasteiger partial charge in [0.15, 0.2) is 0 Å². The molecule has 10 heteroatoms. The monoisotopic (exact) mass is 462 g/mol. The Labute approximate surface area is 188 Å². The molecule has 33 heavy (non-hydrogen) atoms. The molecule has 0 aliphatic carbocycles. The number of nitrogens with zero attached hydrogens (tertiary/aromatic N) is 3. The van der Waals surface area contributed by atoms with Gasteiger partial charge in [0.1, 0.15) is 22.5 Å². The van der Waals surface area contributed by atoms with E-state index in [4.69, 9.17) is 4.74 Å². The van der Waals surface area contributed by atoms with Crippen LogP contribution in [-0.2, 0) is 22.7 Å². The number of hydrogen-bond donors (Lipinski definition) is 2. The van der Waals surface area contributed by atoms with Crippen LogP contribution in [0.4, 0.5) is 18.0 Å². The number of nitrogens with one attached hydrogen (secondary N) is 1. The highest BCUT2D eigenvalue weighted by Gasteiger charge is 2.31. The molecule has 2 aromatic carbocycles. The molecule has 176 valence electrons. The summed E-state index contributed by atoms with van der Waals surface area (Å²) < 4.78 is 44.3. The quantitative estimate of drug-likeness (QED) is 0.541. The molecule has 0 bridgehead atoms. The minimum absolute atomic E-state index is 0.0479. The number of ether oxygens (including phenoxy) is 1. The number of alkyl carbamates (subject to hydrolysis) is 1. The number of carbonyl (C=O) groups is 1. The second kappa shape index (κ2) is 8.76. The second-order valence-corrected chi connectivity index (χ2v) is 8.74. The third-order valence-corrected chi connectivity index (χ3v) is 4.82. The van der Waals surface area contributed by atoms with Crippen LogP contribution in [0, 0.1) is 0 Å². The summed E-state index contributed by atoms with van der Waals surface area (Å²) in [5.41, 5.74) is 1.01. The van der Waals surface area contributed by atoms with Crippen LogP contribution in [-0.4, -0.2) is 32.8 Å². The van der Waals surface area contributed by atoms with Gasteiger partial charge in [0.25, 0.3) is 0 Å². The molecule has 0 fully saturated rings. The number of phenolic OH excluding ortho intramolecular Hbond substituents is 1. The van der Waals surface area contributed by atoms with E-state index in [1.807, 2.05) is 20.8 Å². The Hall–Kier alpha value is -3.56. The zero-order chi connectivity index (χ0) is 24.6. The molecule has 0 saturated carbocycles. The smallest absolute Gasteiger partial charge is 0.416 e. The van der Waals surface area contributed by atoms with Crippen LogP contribution in [0.2, 0.25) is 0 Å². The minimum atomic E-state index is -4.50. The van der Waals surface area contributed by atoms with Crippen LogP contribution in [0.25, 0.3) is 16.7 Å². The Morgan fingerprint density at radius 2 is 1.82 bits per heavy atom. The van der Waals surface area contributed by atoms with E-state index in [1.165, 1.54) is 6.07 Å². The van der Waals surface area contributed by atoms with Gasteiger partial charge < -0.3 is 9.84 Å². The standard InChI is InChI=1S/C23H25F3N4O3/c1-13(2)27-21(32)33-9-8-14-10-16(22(3,4)5)20(31)19(11-14)30-28-17-7-6-15(23(24,25)26)12-18(17)29-30/h6-7,10-12,31H,1,8-9H2,2-5H3,(H,27,32). The van der Waals surface area contributed by atoms with E-state index >= 15 is 0 Å². The van der Waals surface area contributed by atoms with Crippen molar-refractivity contribution >= 4 is 17.1 Å². The Balaban J connectivity index is 1.99. The number of rotatable bonds is 5. The summed E-state index contributed by atoms with van der Waals surface area (Å²) in [6, 6.07) is 6.50. The summed E-state index contributed by atoms with van der Waals surface area (Å²) in [7, 11) is 0. The molecule has 0 radical (unpaired) electrons. The molecule has 7 nitrogen and oxygen atoms in total. The Morgan fingerprint density at radius 3 is 2.42 bits per heavy atom. The van der Waals surface area contributed by atoms with Crippen LogP contribution in [0.1, 0.15) is 44.4 Å². The normalized spacial score (nSPS) is 12.1. The number of amides is 1. The van der Waals surface area contributed by atoms with Gasteiger partial charge in [-0.3, -0.25) is 5.32 Å². The van der Waals surface area contributed by atoms with Crippen LogP contribution in [0.3, 0.4) is 0 Å². The lowest BCUT2D eigenvalue weighted by molar-refractivity contribution is -0.137. The van der Waals surface area contributed by atoms with E-state index < -0.39 is 23.2 Å². The largest absolute Gasteiger partial charge is 0.505 e. The zero-order valence-corrected chi connectivity index (χ0v) is 18.7. The number of alkyl halides is 3. The number of halogens is 3. The van der Waals surface area contributed by atoms with Gasteiger partial charge in [-0.15, -0.1) is 15.0 Å². The topological polar surface area (TPSA) is 89.3 Å². The van der Waals surface area contributed by atoms with Crippen molar-refractivity contribution in [1.29, 1.82) is 0 Å². The number of aromatic hydroxyl groups is 1. The molecular formula is C23H25F3N4O3. The van der Waals surface area contributed by atoms with Crippen molar-refractivity contribution in [3.8, 4) is 11.4 Å². The van der Waals surface area contributed by atoms with Crippen molar-refractivity contribution in [3.63, 3.8) is 0 Å². The van der Waals surface area contributed by atoms with E-state index in [2.05, 4.69) is 22.1 Å². The lowest BCUT2D eigenvalue weighted by atomic mass is 9.84. The molecule has 1 amide bonds. The summed E-state index contributed by atoms with van der Waals surface area (Å²) in [5, 5.41) is 21.8. The third kappa shape index (κ3) is 5.63. The molecule has 0 aliphatic heterocycles. The summed E-state index contributed by atoms with van der Waals surface area (Å²) in [6.45, 7) is 11.0. The summed E-state index contributed by atoms with van der Waals surface area (Å²) in [6.07, 6.45) is -4.80. The third-order valence-electron chi connectivity index (χ3n) is 4.82. The molecular weight excluding hydrogens is 437 g/mol. The SMILES string of the molecule is C=C(C)NC(=O)OCCc1cc(-n2nc3ccc(C(F)(F)F)cc3n2)c(O)c(C(C)(C)C)c1. The molecule has 1 aromatic heterocycles. The maximum absolute atomic E-state index is 13.1. The summed E-state index contributed by atoms with van der Waals surface area (Å²) >= 11 is 0. The van der Waals surface area contributed by atoms with Gasteiger partial charge in [-0.2, -0.15) is 13.2 Å². The molecule has 2 N–H and O–H groups in total. The van der Waals surface area contributed by atoms with Crippen LogP contribution >= 0.6 is 0 Å². The van der Waals surface area contributed by atoms with E-state index in [1.54, 1.807) is 19.1 Å². The fraction of sp³-hybridized carbons (Fsp3) is 0.348. The highest BCUT2D eigenvalue weighted by atomic mass is 19.4. The molecule has 0 spiro atoms. The fourth-order valence-corrected chi connectivity index (χ4v) is 3.22. The molecule has 0 aliphatic rings. The number of allylic oxidation sites excluding steroid dienone is 1. The first-order valence-corrected chi connectivity index (χ1v) is 10.2. The van der Waals surface area contributed by atoms with Crippen molar-refractivity contribution in [2.75, 3.05) is 6.61 Å². The number of aromatic nitrogens is 3. The molecule has 0 atom stereocenters. The van der Waals surface area contributed by atoms with E-state index in [9.17, 15) is 23.1 Å². The predicted octanol–water partition coefficient (Wildman–Crippen LogP) is 5.24. The molecule has 0 unspecified atom stereocenters. The second-order valence-electron chi connectivity index (χ2n) is 8.74. The average molecular weight is 462 g/mol. The Bertz CT molecular complexity index is 1210. The maximum Gasteiger partial charge on any atom is 0.416 e. The van der Waals surface area contributed by atoms with Crippen LogP contribution in [0.15, 0.2) is 42.6 Å². The van der Waals surface area contributed by atoms with Crippen LogP contribution < -0.4 is 5.32 Å². The fourth-order valence-electron chi connectivity index (χ4n) is 3.22. The highest BCUT2D eigenvalue weighted by molar-refractivity contribution is 5.75. The van der Waals surface area contributed by atoms with E-state index in [-0.39, 0.29) is 29.1 Å². The van der Waals surface area contributed by atoms with Crippen molar-refractivity contribution in [1.82, 2.24) is 20.3 Å². The Morgan fingerprint density at radius 1 is 1.15 bits per heavy atom. The Kier molecular flexibility index (Phi) is 6.40. The van der Waals surface area contributed by atoms with Gasteiger partial charge in [-0.25, -0.2) is 4.79 Å². The minimum Gasteiger partial charge on any atom is -0.505 e. The van der Waals surface area contributed by atoms with Crippen LogP contribution in [0.5, 0.6) is 5.75 Å². The number of fused-ring (bicyclic) bond motifs is 1. The van der Waals surface area contributed by atoms with Crippen molar-refractivity contribution in [2.45, 2.75) is 45.7 Å². The van der Waals surface area contributed by atoms with Gasteiger partial charge >= 0.3 is 12.3 Å². The first-order valence-electron chi connectivity index (χ1n) is 10.2. The van der Waals surface area contributed by atoms with E-state index in [0.29, 0.717) is 17.7 Å². The molecule has 0 saturated heterocycles. The summed E-state index contributed by atoms with van der Waals surface area (Å²) in [4.78, 5) is 12.8. The van der Waals surface area contributed by atoms with E-state index in [0.717, 1.165) is 22.5 Å². The van der Waals surface area contributed by atoms with Gasteiger partial charge in [-0.05, 0) is 42.2 Å². The number of benzene rings is 2. The predicted molar refractivity (Wildman–Crippen MR) is 117 cm³/mol. The first-order chi connectivity index (χ1) is 15.3. The molecule has 3 rings (SSSR count).